The van der Waals surface area contributed by atoms with Crippen molar-refractivity contribution in [1.29, 1.82) is 0 Å². The Morgan fingerprint density at radius 2 is 1.80 bits per heavy atom. The standard InChI is InChI=1S/C12H23NO2/c1-15-8-11(14)6-13-7-12(9-2-3-9)10-4-5-10/h9-14H,2-8H2,1H3. The number of rotatable bonds is 8. The molecule has 0 aromatic heterocycles. The van der Waals surface area contributed by atoms with Gasteiger partial charge < -0.3 is 15.2 Å². The van der Waals surface area contributed by atoms with Crippen molar-refractivity contribution in [3.8, 4) is 0 Å². The van der Waals surface area contributed by atoms with E-state index in [-0.39, 0.29) is 6.10 Å². The van der Waals surface area contributed by atoms with Crippen LogP contribution in [0.2, 0.25) is 0 Å². The van der Waals surface area contributed by atoms with E-state index in [1.807, 2.05) is 0 Å². The molecule has 0 radical (unpaired) electrons. The van der Waals surface area contributed by atoms with Gasteiger partial charge in [0, 0.05) is 13.7 Å². The van der Waals surface area contributed by atoms with Crippen LogP contribution >= 0.6 is 0 Å². The first-order valence-corrected chi connectivity index (χ1v) is 6.19. The van der Waals surface area contributed by atoms with Crippen LogP contribution in [-0.2, 0) is 4.74 Å². The van der Waals surface area contributed by atoms with Gasteiger partial charge in [0.05, 0.1) is 12.7 Å². The summed E-state index contributed by atoms with van der Waals surface area (Å²) in [6.07, 6.45) is 5.38. The molecule has 0 saturated heterocycles. The summed E-state index contributed by atoms with van der Waals surface area (Å²) in [4.78, 5) is 0. The molecular weight excluding hydrogens is 190 g/mol. The van der Waals surface area contributed by atoms with Crippen molar-refractivity contribution in [2.45, 2.75) is 31.8 Å². The molecule has 88 valence electrons. The number of methoxy groups -OCH3 is 1. The molecule has 0 spiro atoms. The van der Waals surface area contributed by atoms with E-state index in [0.29, 0.717) is 13.2 Å². The summed E-state index contributed by atoms with van der Waals surface area (Å²) in [6.45, 7) is 2.20. The molecule has 2 saturated carbocycles. The summed E-state index contributed by atoms with van der Waals surface area (Å²) in [5.41, 5.74) is 0. The van der Waals surface area contributed by atoms with Gasteiger partial charge in [0.1, 0.15) is 0 Å². The first-order valence-electron chi connectivity index (χ1n) is 6.19. The maximum absolute atomic E-state index is 9.48. The van der Waals surface area contributed by atoms with E-state index in [9.17, 15) is 5.11 Å². The molecule has 1 atom stereocenters. The highest BCUT2D eigenvalue weighted by atomic mass is 16.5. The third-order valence-corrected chi connectivity index (χ3v) is 3.57. The van der Waals surface area contributed by atoms with E-state index < -0.39 is 0 Å². The number of aliphatic hydroxyl groups excluding tert-OH is 1. The lowest BCUT2D eigenvalue weighted by atomic mass is 9.98. The van der Waals surface area contributed by atoms with Crippen molar-refractivity contribution in [3.05, 3.63) is 0 Å². The number of aliphatic hydroxyl groups is 1. The SMILES string of the molecule is COCC(O)CNCC(C1CC1)C1CC1. The number of hydrogen-bond donors (Lipinski definition) is 2. The van der Waals surface area contributed by atoms with Crippen LogP contribution in [0.5, 0.6) is 0 Å². The van der Waals surface area contributed by atoms with Gasteiger partial charge in [0.15, 0.2) is 0 Å². The molecule has 0 aromatic carbocycles. The quantitative estimate of drug-likeness (QED) is 0.632. The Balaban J connectivity index is 1.58. The van der Waals surface area contributed by atoms with Crippen LogP contribution < -0.4 is 5.32 Å². The molecule has 2 rings (SSSR count). The highest BCUT2D eigenvalue weighted by molar-refractivity contribution is 4.92. The lowest BCUT2D eigenvalue weighted by molar-refractivity contribution is 0.0636. The zero-order valence-electron chi connectivity index (χ0n) is 9.61. The van der Waals surface area contributed by atoms with Gasteiger partial charge in [-0.2, -0.15) is 0 Å². The minimum atomic E-state index is -0.353. The minimum Gasteiger partial charge on any atom is -0.389 e. The Bertz CT molecular complexity index is 178. The van der Waals surface area contributed by atoms with Gasteiger partial charge in [-0.3, -0.25) is 0 Å². The minimum absolute atomic E-state index is 0.353. The fourth-order valence-corrected chi connectivity index (χ4v) is 2.43. The number of hydrogen-bond acceptors (Lipinski definition) is 3. The van der Waals surface area contributed by atoms with Gasteiger partial charge in [-0.05, 0) is 50.0 Å². The van der Waals surface area contributed by atoms with Crippen LogP contribution in [0.4, 0.5) is 0 Å². The average molecular weight is 213 g/mol. The smallest absolute Gasteiger partial charge is 0.0897 e. The third-order valence-electron chi connectivity index (χ3n) is 3.57. The summed E-state index contributed by atoms with van der Waals surface area (Å²) in [6, 6.07) is 0. The fourth-order valence-electron chi connectivity index (χ4n) is 2.43. The Morgan fingerprint density at radius 1 is 1.20 bits per heavy atom. The van der Waals surface area contributed by atoms with Crippen molar-refractivity contribution in [3.63, 3.8) is 0 Å². The van der Waals surface area contributed by atoms with Gasteiger partial charge in [-0.25, -0.2) is 0 Å². The summed E-state index contributed by atoms with van der Waals surface area (Å²) >= 11 is 0. The second-order valence-corrected chi connectivity index (χ2v) is 5.11. The van der Waals surface area contributed by atoms with E-state index >= 15 is 0 Å². The van der Waals surface area contributed by atoms with Crippen LogP contribution in [0, 0.1) is 17.8 Å². The molecular formula is C12H23NO2. The monoisotopic (exact) mass is 213 g/mol. The van der Waals surface area contributed by atoms with E-state index in [1.54, 1.807) is 7.11 Å². The predicted molar refractivity (Wildman–Crippen MR) is 59.7 cm³/mol. The predicted octanol–water partition coefficient (Wildman–Crippen LogP) is 1.02. The lowest BCUT2D eigenvalue weighted by Crippen LogP contribution is -2.34. The summed E-state index contributed by atoms with van der Waals surface area (Å²) in [5.74, 6) is 2.87. The molecule has 2 N–H and O–H groups in total. The molecule has 15 heavy (non-hydrogen) atoms. The molecule has 2 aliphatic carbocycles. The molecule has 0 aliphatic heterocycles. The van der Waals surface area contributed by atoms with Crippen LogP contribution in [0.1, 0.15) is 25.7 Å². The normalized spacial score (nSPS) is 23.4. The lowest BCUT2D eigenvalue weighted by Gasteiger charge is -2.17. The van der Waals surface area contributed by atoms with Gasteiger partial charge in [0.25, 0.3) is 0 Å². The topological polar surface area (TPSA) is 41.5 Å². The van der Waals surface area contributed by atoms with Gasteiger partial charge in [-0.15, -0.1) is 0 Å². The largest absolute Gasteiger partial charge is 0.389 e. The Labute approximate surface area is 92.2 Å². The summed E-state index contributed by atoms with van der Waals surface area (Å²) in [7, 11) is 1.63. The first kappa shape index (κ1) is 11.4. The molecule has 3 nitrogen and oxygen atoms in total. The summed E-state index contributed by atoms with van der Waals surface area (Å²) < 4.78 is 4.89. The van der Waals surface area contributed by atoms with E-state index in [1.165, 1.54) is 25.7 Å². The highest BCUT2D eigenvalue weighted by Crippen LogP contribution is 2.48. The average Bonchev–Trinajstić information content (AvgIpc) is 3.03. The van der Waals surface area contributed by atoms with E-state index in [4.69, 9.17) is 4.74 Å². The van der Waals surface area contributed by atoms with E-state index in [2.05, 4.69) is 5.32 Å². The van der Waals surface area contributed by atoms with Crippen molar-refractivity contribution >= 4 is 0 Å². The maximum Gasteiger partial charge on any atom is 0.0897 e. The van der Waals surface area contributed by atoms with Crippen molar-refractivity contribution in [2.75, 3.05) is 26.8 Å². The molecule has 0 heterocycles. The zero-order valence-corrected chi connectivity index (χ0v) is 9.61. The Kier molecular flexibility index (Phi) is 4.00. The number of ether oxygens (including phenoxy) is 1. The van der Waals surface area contributed by atoms with Crippen LogP contribution in [0.15, 0.2) is 0 Å². The highest BCUT2D eigenvalue weighted by Gasteiger charge is 2.40. The van der Waals surface area contributed by atoms with Gasteiger partial charge >= 0.3 is 0 Å². The first-order chi connectivity index (χ1) is 7.31. The molecule has 2 fully saturated rings. The molecule has 0 amide bonds. The van der Waals surface area contributed by atoms with Gasteiger partial charge in [-0.1, -0.05) is 0 Å². The third kappa shape index (κ3) is 3.74. The van der Waals surface area contributed by atoms with Crippen molar-refractivity contribution in [2.24, 2.45) is 17.8 Å². The fraction of sp³-hybridized carbons (Fsp3) is 1.00. The van der Waals surface area contributed by atoms with Gasteiger partial charge in [0.2, 0.25) is 0 Å². The van der Waals surface area contributed by atoms with Crippen LogP contribution in [0.25, 0.3) is 0 Å². The molecule has 0 aromatic rings. The van der Waals surface area contributed by atoms with E-state index in [0.717, 1.165) is 24.3 Å². The maximum atomic E-state index is 9.48. The molecule has 0 bridgehead atoms. The van der Waals surface area contributed by atoms with Crippen LogP contribution in [0.3, 0.4) is 0 Å². The van der Waals surface area contributed by atoms with Crippen molar-refractivity contribution in [1.82, 2.24) is 5.32 Å². The molecule has 1 unspecified atom stereocenters. The molecule has 3 heteroatoms. The number of nitrogens with one attached hydrogen (secondary N) is 1. The summed E-state index contributed by atoms with van der Waals surface area (Å²) in [5, 5.41) is 12.9. The van der Waals surface area contributed by atoms with Crippen molar-refractivity contribution < 1.29 is 9.84 Å². The molecule has 2 aliphatic rings. The Hall–Kier alpha value is -0.120. The second kappa shape index (κ2) is 5.28. The Morgan fingerprint density at radius 3 is 2.27 bits per heavy atom. The second-order valence-electron chi connectivity index (χ2n) is 5.11. The zero-order chi connectivity index (χ0) is 10.7. The van der Waals surface area contributed by atoms with Crippen LogP contribution in [-0.4, -0.2) is 38.0 Å².